The van der Waals surface area contributed by atoms with Crippen molar-refractivity contribution in [1.29, 1.82) is 0 Å². The number of benzene rings is 5. The lowest BCUT2D eigenvalue weighted by Crippen LogP contribution is -2.51. The van der Waals surface area contributed by atoms with Gasteiger partial charge >= 0.3 is 12.1 Å². The van der Waals surface area contributed by atoms with E-state index in [1.165, 1.54) is 5.56 Å². The number of ether oxygens (including phenoxy) is 1. The van der Waals surface area contributed by atoms with Gasteiger partial charge in [-0.25, -0.2) is 9.59 Å². The second-order valence-corrected chi connectivity index (χ2v) is 11.0. The molecule has 1 aliphatic carbocycles. The van der Waals surface area contributed by atoms with Crippen molar-refractivity contribution in [1.82, 2.24) is 10.6 Å². The van der Waals surface area contributed by atoms with Crippen molar-refractivity contribution in [3.8, 4) is 11.1 Å². The molecule has 0 aliphatic heterocycles. The van der Waals surface area contributed by atoms with Crippen LogP contribution in [0.3, 0.4) is 0 Å². The van der Waals surface area contributed by atoms with Crippen molar-refractivity contribution in [2.24, 2.45) is 0 Å². The number of carbonyl (C=O) groups excluding carboxylic acids is 2. The first kappa shape index (κ1) is 29.4. The molecule has 45 heavy (non-hydrogen) atoms. The minimum absolute atomic E-state index is 0.0271. The molecule has 7 heteroatoms. The molecule has 1 atom stereocenters. The highest BCUT2D eigenvalue weighted by Crippen LogP contribution is 2.39. The van der Waals surface area contributed by atoms with Gasteiger partial charge < -0.3 is 20.5 Å². The van der Waals surface area contributed by atoms with Crippen LogP contribution in [-0.2, 0) is 32.9 Å². The lowest BCUT2D eigenvalue weighted by atomic mass is 9.77. The molecule has 0 unspecified atom stereocenters. The zero-order valence-electron chi connectivity index (χ0n) is 24.5. The second-order valence-electron chi connectivity index (χ2n) is 11.0. The molecule has 2 amide bonds. The summed E-state index contributed by atoms with van der Waals surface area (Å²) < 4.78 is 5.48. The first-order chi connectivity index (χ1) is 22.0. The van der Waals surface area contributed by atoms with Crippen LogP contribution >= 0.6 is 0 Å². The number of alkyl carbamates (subject to hydrolysis) is 1. The topological polar surface area (TPSA) is 105 Å². The third-order valence-electron chi connectivity index (χ3n) is 8.23. The summed E-state index contributed by atoms with van der Waals surface area (Å²) in [5.74, 6) is -1.90. The third kappa shape index (κ3) is 6.06. The van der Waals surface area contributed by atoms with Crippen LogP contribution in [0.5, 0.6) is 0 Å². The van der Waals surface area contributed by atoms with Gasteiger partial charge in [-0.2, -0.15) is 0 Å². The normalized spacial score (nSPS) is 12.4. The quantitative estimate of drug-likeness (QED) is 0.158. The van der Waals surface area contributed by atoms with Crippen molar-refractivity contribution < 1.29 is 24.2 Å². The highest BCUT2D eigenvalue weighted by atomic mass is 16.5. The Morgan fingerprint density at radius 1 is 0.689 bits per heavy atom. The van der Waals surface area contributed by atoms with Crippen molar-refractivity contribution in [3.63, 3.8) is 0 Å². The van der Waals surface area contributed by atoms with Gasteiger partial charge in [-0.1, -0.05) is 133 Å². The molecule has 5 aromatic carbocycles. The summed E-state index contributed by atoms with van der Waals surface area (Å²) in [5, 5.41) is 15.5. The molecule has 0 fully saturated rings. The van der Waals surface area contributed by atoms with Gasteiger partial charge in [0.25, 0.3) is 0 Å². The van der Waals surface area contributed by atoms with Crippen LogP contribution in [0.4, 0.5) is 4.79 Å². The highest BCUT2D eigenvalue weighted by Gasteiger charge is 2.39. The van der Waals surface area contributed by atoms with E-state index >= 15 is 0 Å². The number of carboxylic acids is 1. The average Bonchev–Trinajstić information content (AvgIpc) is 3.46. The molecule has 224 valence electrons. The zero-order chi connectivity index (χ0) is 31.2. The van der Waals surface area contributed by atoms with Gasteiger partial charge in [0.1, 0.15) is 18.2 Å². The van der Waals surface area contributed by atoms with E-state index in [-0.39, 0.29) is 6.61 Å². The lowest BCUT2D eigenvalue weighted by Gasteiger charge is -2.37. The Kier molecular flexibility index (Phi) is 8.42. The van der Waals surface area contributed by atoms with Crippen molar-refractivity contribution in [2.45, 2.75) is 31.0 Å². The van der Waals surface area contributed by atoms with Gasteiger partial charge in [-0.05, 0) is 50.9 Å². The predicted octanol–water partition coefficient (Wildman–Crippen LogP) is 6.44. The SMILES string of the molecule is O=C(C[C@H](NC(=O)OCc1cccc2c1Cc1ccccc1-2)C(=O)O)NC(c1ccccc1)(c1ccccc1)c1ccccc1. The van der Waals surface area contributed by atoms with E-state index in [1.807, 2.05) is 121 Å². The molecule has 6 rings (SSSR count). The zero-order valence-corrected chi connectivity index (χ0v) is 24.5. The molecule has 0 aromatic heterocycles. The summed E-state index contributed by atoms with van der Waals surface area (Å²) >= 11 is 0. The minimum atomic E-state index is -1.51. The molecule has 3 N–H and O–H groups in total. The van der Waals surface area contributed by atoms with E-state index in [2.05, 4.69) is 22.8 Å². The molecule has 1 aliphatic rings. The summed E-state index contributed by atoms with van der Waals surface area (Å²) in [6, 6.07) is 41.0. The van der Waals surface area contributed by atoms with Gasteiger partial charge in [0, 0.05) is 0 Å². The van der Waals surface area contributed by atoms with E-state index in [9.17, 15) is 19.5 Å². The minimum Gasteiger partial charge on any atom is -0.480 e. The Bertz CT molecular complexity index is 1730. The largest absolute Gasteiger partial charge is 0.480 e. The number of fused-ring (bicyclic) bond motifs is 3. The van der Waals surface area contributed by atoms with Crippen LogP contribution in [0.15, 0.2) is 133 Å². The van der Waals surface area contributed by atoms with Crippen LogP contribution in [0.2, 0.25) is 0 Å². The molecular formula is C38H32N2O5. The maximum Gasteiger partial charge on any atom is 0.408 e. The fourth-order valence-corrected chi connectivity index (χ4v) is 6.11. The summed E-state index contributed by atoms with van der Waals surface area (Å²) in [7, 11) is 0. The number of hydrogen-bond acceptors (Lipinski definition) is 4. The van der Waals surface area contributed by atoms with Crippen LogP contribution in [0.25, 0.3) is 11.1 Å². The Balaban J connectivity index is 1.19. The summed E-state index contributed by atoms with van der Waals surface area (Å²) in [4.78, 5) is 38.8. The van der Waals surface area contributed by atoms with E-state index in [0.29, 0.717) is 0 Å². The highest BCUT2D eigenvalue weighted by molar-refractivity contribution is 5.88. The van der Waals surface area contributed by atoms with E-state index in [1.54, 1.807) is 0 Å². The van der Waals surface area contributed by atoms with Crippen LogP contribution in [-0.4, -0.2) is 29.1 Å². The number of carbonyl (C=O) groups is 3. The Hall–Kier alpha value is -5.69. The number of nitrogens with one attached hydrogen (secondary N) is 2. The van der Waals surface area contributed by atoms with Gasteiger partial charge in [0.05, 0.1) is 6.42 Å². The molecule has 0 radical (unpaired) electrons. The second kappa shape index (κ2) is 12.9. The smallest absolute Gasteiger partial charge is 0.408 e. The van der Waals surface area contributed by atoms with Crippen LogP contribution < -0.4 is 10.6 Å². The third-order valence-corrected chi connectivity index (χ3v) is 8.23. The summed E-state index contributed by atoms with van der Waals surface area (Å²) in [6.45, 7) is -0.0271. The number of carboxylic acid groups (broad SMARTS) is 1. The Labute approximate surface area is 261 Å². The monoisotopic (exact) mass is 596 g/mol. The van der Waals surface area contributed by atoms with E-state index < -0.39 is 36.0 Å². The van der Waals surface area contributed by atoms with Gasteiger partial charge in [0.2, 0.25) is 5.91 Å². The molecule has 5 aromatic rings. The summed E-state index contributed by atoms with van der Waals surface area (Å²) in [5.41, 5.74) is 6.68. The first-order valence-corrected chi connectivity index (χ1v) is 14.8. The molecule has 0 saturated carbocycles. The van der Waals surface area contributed by atoms with Gasteiger partial charge in [0.15, 0.2) is 0 Å². The molecule has 0 saturated heterocycles. The molecule has 7 nitrogen and oxygen atoms in total. The fraction of sp³-hybridized carbons (Fsp3) is 0.132. The number of rotatable bonds is 10. The molecule has 0 heterocycles. The Morgan fingerprint density at radius 3 is 1.80 bits per heavy atom. The maximum atomic E-state index is 13.7. The fourth-order valence-electron chi connectivity index (χ4n) is 6.11. The lowest BCUT2D eigenvalue weighted by molar-refractivity contribution is -0.141. The number of hydrogen-bond donors (Lipinski definition) is 3. The molecule has 0 spiro atoms. The maximum absolute atomic E-state index is 13.7. The van der Waals surface area contributed by atoms with E-state index in [0.717, 1.165) is 45.4 Å². The standard InChI is InChI=1S/C38H32N2O5/c41-35(40-38(28-15-4-1-5-16-28,29-17-6-2-7-18-29)30-19-8-3-9-20-30)24-34(36(42)43)39-37(44)45-25-27-14-12-22-32-31-21-11-10-13-26(31)23-33(27)32/h1-22,34H,23-25H2,(H,39,44)(H,40,41)(H,42,43)/t34-/m0/s1. The van der Waals surface area contributed by atoms with E-state index in [4.69, 9.17) is 4.74 Å². The first-order valence-electron chi connectivity index (χ1n) is 14.8. The number of aliphatic carboxylic acids is 1. The molecule has 0 bridgehead atoms. The van der Waals surface area contributed by atoms with Gasteiger partial charge in [-0.15, -0.1) is 0 Å². The Morgan fingerprint density at radius 2 is 1.22 bits per heavy atom. The van der Waals surface area contributed by atoms with Crippen LogP contribution in [0.1, 0.15) is 39.8 Å². The van der Waals surface area contributed by atoms with Crippen LogP contribution in [0, 0.1) is 0 Å². The summed E-state index contributed by atoms with van der Waals surface area (Å²) in [6.07, 6.45) is -0.686. The van der Waals surface area contributed by atoms with Crippen molar-refractivity contribution in [3.05, 3.63) is 167 Å². The van der Waals surface area contributed by atoms with Crippen molar-refractivity contribution in [2.75, 3.05) is 0 Å². The number of amides is 2. The average molecular weight is 597 g/mol. The van der Waals surface area contributed by atoms with Crippen molar-refractivity contribution >= 4 is 18.0 Å². The van der Waals surface area contributed by atoms with Gasteiger partial charge in [-0.3, -0.25) is 4.79 Å². The molecular weight excluding hydrogens is 564 g/mol. The predicted molar refractivity (Wildman–Crippen MR) is 171 cm³/mol.